The third-order valence-corrected chi connectivity index (χ3v) is 12.2. The highest BCUT2D eigenvalue weighted by Crippen LogP contribution is 2.40. The first-order valence-corrected chi connectivity index (χ1v) is 21.0. The van der Waals surface area contributed by atoms with Crippen LogP contribution in [0, 0.1) is 6.57 Å². The van der Waals surface area contributed by atoms with Crippen LogP contribution in [0.4, 0.5) is 5.69 Å². The van der Waals surface area contributed by atoms with Crippen molar-refractivity contribution in [2.24, 2.45) is 0 Å². The van der Waals surface area contributed by atoms with Gasteiger partial charge in [0.1, 0.15) is 0 Å². The lowest BCUT2D eigenvalue weighted by atomic mass is 9.93. The Morgan fingerprint density at radius 2 is 0.778 bits per heavy atom. The van der Waals surface area contributed by atoms with Crippen LogP contribution in [0.1, 0.15) is 0 Å². The second kappa shape index (κ2) is 14.8. The lowest BCUT2D eigenvalue weighted by Crippen LogP contribution is -2.01. The molecule has 0 aliphatic carbocycles. The molecule has 12 aromatic rings. The summed E-state index contributed by atoms with van der Waals surface area (Å²) in [6, 6.07) is 74.0. The van der Waals surface area contributed by atoms with E-state index in [1.807, 2.05) is 18.2 Å². The maximum absolute atomic E-state index is 8.25. The minimum absolute atomic E-state index is 0.487. The molecule has 0 saturated carbocycles. The molecule has 0 unspecified atom stereocenters. The lowest BCUT2D eigenvalue weighted by molar-refractivity contribution is 1.07. The zero-order valence-electron chi connectivity index (χ0n) is 33.9. The lowest BCUT2D eigenvalue weighted by Gasteiger charge is -2.14. The van der Waals surface area contributed by atoms with Gasteiger partial charge in [0.25, 0.3) is 0 Å². The topological polar surface area (TPSA) is 48.0 Å². The van der Waals surface area contributed by atoms with Gasteiger partial charge in [-0.25, -0.2) is 19.8 Å². The zero-order valence-corrected chi connectivity index (χ0v) is 33.9. The summed E-state index contributed by atoms with van der Waals surface area (Å²) >= 11 is 0. The highest BCUT2D eigenvalue weighted by molar-refractivity contribution is 6.25. The molecule has 0 fully saturated rings. The van der Waals surface area contributed by atoms with Gasteiger partial charge in [0, 0.05) is 33.2 Å². The summed E-state index contributed by atoms with van der Waals surface area (Å²) in [6.07, 6.45) is 0. The van der Waals surface area contributed by atoms with Crippen LogP contribution in [0.2, 0.25) is 0 Å². The first kappa shape index (κ1) is 36.2. The van der Waals surface area contributed by atoms with E-state index in [1.54, 1.807) is 0 Å². The standard InChI is InChI=1S/C58H35N5/c1-59-42-33-41(34-43(36-42)63-54-28-13-11-26-51(54)52-27-12-14-29-55(52)63)58-61-56(39-19-15-18-38(32-39)45-21-6-5-20-44(45)37-16-3-2-4-17-37)60-57(62-58)40-30-31-50-48-24-8-7-22-46(48)47-23-9-10-25-49(47)53(50)35-40/h2-36H. The highest BCUT2D eigenvalue weighted by atomic mass is 15.0. The van der Waals surface area contributed by atoms with Crippen LogP contribution in [0.25, 0.3) is 121 Å². The normalized spacial score (nSPS) is 11.5. The summed E-state index contributed by atoms with van der Waals surface area (Å²) in [5.41, 5.74) is 10.4. The van der Waals surface area contributed by atoms with Crippen LogP contribution in [0.15, 0.2) is 212 Å². The quantitative estimate of drug-likeness (QED) is 0.124. The molecule has 0 radical (unpaired) electrons. The highest BCUT2D eigenvalue weighted by Gasteiger charge is 2.19. The third kappa shape index (κ3) is 6.12. The van der Waals surface area contributed by atoms with Crippen LogP contribution in [-0.4, -0.2) is 19.5 Å². The average Bonchev–Trinajstić information content (AvgIpc) is 3.71. The van der Waals surface area contributed by atoms with Crippen molar-refractivity contribution in [3.8, 4) is 62.1 Å². The van der Waals surface area contributed by atoms with Gasteiger partial charge in [0.15, 0.2) is 23.2 Å². The van der Waals surface area contributed by atoms with Gasteiger partial charge in [-0.1, -0.05) is 170 Å². The van der Waals surface area contributed by atoms with Gasteiger partial charge < -0.3 is 4.57 Å². The SMILES string of the molecule is [C-]#[N+]c1cc(-c2nc(-c3cccc(-c4ccccc4-c4ccccc4)c3)nc(-c3ccc4c5ccccc5c5ccccc5c4c3)n2)cc(-n2c3ccccc3c3ccccc32)c1. The molecule has 0 aliphatic heterocycles. The Labute approximate surface area is 363 Å². The van der Waals surface area contributed by atoms with Crippen molar-refractivity contribution < 1.29 is 0 Å². The molecule has 292 valence electrons. The van der Waals surface area contributed by atoms with Crippen LogP contribution >= 0.6 is 0 Å². The molecule has 2 aromatic heterocycles. The number of aromatic nitrogens is 4. The van der Waals surface area contributed by atoms with E-state index in [2.05, 4.69) is 204 Å². The van der Waals surface area contributed by atoms with E-state index in [-0.39, 0.29) is 0 Å². The number of fused-ring (bicyclic) bond motifs is 9. The average molecular weight is 802 g/mol. The Hall–Kier alpha value is -8.72. The Bertz CT molecular complexity index is 3730. The molecule has 63 heavy (non-hydrogen) atoms. The number of rotatable bonds is 6. The zero-order chi connectivity index (χ0) is 41.9. The largest absolute Gasteiger partial charge is 0.310 e. The van der Waals surface area contributed by atoms with Gasteiger partial charge in [-0.05, 0) is 97.0 Å². The summed E-state index contributed by atoms with van der Waals surface area (Å²) < 4.78 is 2.23. The van der Waals surface area contributed by atoms with Crippen molar-refractivity contribution in [2.75, 3.05) is 0 Å². The second-order valence-electron chi connectivity index (χ2n) is 15.9. The Kier molecular flexibility index (Phi) is 8.48. The first-order chi connectivity index (χ1) is 31.2. The van der Waals surface area contributed by atoms with Gasteiger partial charge in [-0.3, -0.25) is 0 Å². The Morgan fingerprint density at radius 1 is 0.317 bits per heavy atom. The molecule has 2 heterocycles. The smallest absolute Gasteiger partial charge is 0.190 e. The van der Waals surface area contributed by atoms with Crippen molar-refractivity contribution in [3.63, 3.8) is 0 Å². The summed E-state index contributed by atoms with van der Waals surface area (Å²) in [5, 5.41) is 9.42. The number of hydrogen-bond donors (Lipinski definition) is 0. The van der Waals surface area contributed by atoms with Crippen molar-refractivity contribution in [3.05, 3.63) is 224 Å². The van der Waals surface area contributed by atoms with E-state index in [4.69, 9.17) is 21.5 Å². The van der Waals surface area contributed by atoms with Gasteiger partial charge in [0.05, 0.1) is 17.6 Å². The fourth-order valence-electron chi connectivity index (χ4n) is 9.36. The van der Waals surface area contributed by atoms with Gasteiger partial charge >= 0.3 is 0 Å². The minimum Gasteiger partial charge on any atom is -0.310 e. The van der Waals surface area contributed by atoms with Gasteiger partial charge in [-0.2, -0.15) is 0 Å². The maximum atomic E-state index is 8.25. The number of benzene rings is 10. The van der Waals surface area contributed by atoms with Crippen LogP contribution < -0.4 is 0 Å². The van der Waals surface area contributed by atoms with E-state index in [1.165, 1.54) is 26.9 Å². The molecule has 0 spiro atoms. The van der Waals surface area contributed by atoms with Gasteiger partial charge in [-0.15, -0.1) is 0 Å². The second-order valence-corrected chi connectivity index (χ2v) is 15.9. The van der Waals surface area contributed by atoms with Crippen LogP contribution in [-0.2, 0) is 0 Å². The fraction of sp³-hybridized carbons (Fsp3) is 0. The van der Waals surface area contributed by atoms with Crippen molar-refractivity contribution >= 4 is 59.8 Å². The number of para-hydroxylation sites is 2. The molecule has 12 rings (SSSR count). The Morgan fingerprint density at radius 3 is 1.40 bits per heavy atom. The van der Waals surface area contributed by atoms with E-state index >= 15 is 0 Å². The minimum atomic E-state index is 0.487. The fourth-order valence-corrected chi connectivity index (χ4v) is 9.36. The monoisotopic (exact) mass is 801 g/mol. The van der Waals surface area contributed by atoms with Crippen molar-refractivity contribution in [2.45, 2.75) is 0 Å². The van der Waals surface area contributed by atoms with Crippen LogP contribution in [0.5, 0.6) is 0 Å². The van der Waals surface area contributed by atoms with E-state index in [0.717, 1.165) is 71.8 Å². The summed E-state index contributed by atoms with van der Waals surface area (Å²) in [6.45, 7) is 8.25. The molecule has 0 amide bonds. The predicted octanol–water partition coefficient (Wildman–Crippen LogP) is 15.3. The molecular weight excluding hydrogens is 767 g/mol. The molecule has 0 bridgehead atoms. The van der Waals surface area contributed by atoms with E-state index in [9.17, 15) is 0 Å². The molecule has 5 nitrogen and oxygen atoms in total. The predicted molar refractivity (Wildman–Crippen MR) is 260 cm³/mol. The molecule has 5 heteroatoms. The molecule has 0 atom stereocenters. The third-order valence-electron chi connectivity index (χ3n) is 12.2. The molecule has 0 aliphatic rings. The molecule has 0 N–H and O–H groups in total. The number of nitrogens with zero attached hydrogens (tertiary/aromatic N) is 5. The Balaban J connectivity index is 1.09. The van der Waals surface area contributed by atoms with Crippen molar-refractivity contribution in [1.29, 1.82) is 0 Å². The van der Waals surface area contributed by atoms with Crippen molar-refractivity contribution in [1.82, 2.24) is 19.5 Å². The maximum Gasteiger partial charge on any atom is 0.190 e. The molecule has 10 aromatic carbocycles. The van der Waals surface area contributed by atoms with Crippen LogP contribution in [0.3, 0.4) is 0 Å². The first-order valence-electron chi connectivity index (χ1n) is 21.0. The van der Waals surface area contributed by atoms with Gasteiger partial charge in [0.2, 0.25) is 0 Å². The summed E-state index contributed by atoms with van der Waals surface area (Å²) in [4.78, 5) is 19.8. The molecule has 0 saturated heterocycles. The number of hydrogen-bond acceptors (Lipinski definition) is 3. The van der Waals surface area contributed by atoms with E-state index in [0.29, 0.717) is 23.2 Å². The summed E-state index contributed by atoms with van der Waals surface area (Å²) in [5.74, 6) is 1.58. The molecular formula is C58H35N5. The van der Waals surface area contributed by atoms with E-state index < -0.39 is 0 Å². The summed E-state index contributed by atoms with van der Waals surface area (Å²) in [7, 11) is 0.